The molecule has 1 aromatic rings. The number of carbonyl (C=O) groups is 2. The smallest absolute Gasteiger partial charge is 0.354 e. The molecule has 3 atom stereocenters. The Morgan fingerprint density at radius 3 is 2.58 bits per heavy atom. The highest BCUT2D eigenvalue weighted by molar-refractivity contribution is 8.22. The molecular formula is C22H32N2O4S2Si. The second-order valence-electron chi connectivity index (χ2n) is 9.43. The van der Waals surface area contributed by atoms with Crippen molar-refractivity contribution < 1.29 is 19.1 Å². The molecule has 6 nitrogen and oxygen atoms in total. The molecule has 0 saturated carbocycles. The van der Waals surface area contributed by atoms with E-state index in [2.05, 4.69) is 38.8 Å². The third-order valence-corrected chi connectivity index (χ3v) is 9.69. The molecule has 9 heteroatoms. The maximum atomic E-state index is 13.2. The molecule has 0 spiro atoms. The number of hydrogen-bond acceptors (Lipinski definition) is 6. The topological polar surface area (TPSA) is 79.7 Å². The molecule has 0 unspecified atom stereocenters. The first kappa shape index (κ1) is 24.4. The lowest BCUT2D eigenvalue weighted by molar-refractivity contribution is -0.173. The van der Waals surface area contributed by atoms with Crippen molar-refractivity contribution in [2.24, 2.45) is 11.3 Å². The Bertz CT molecular complexity index is 872. The quantitative estimate of drug-likeness (QED) is 0.320. The average Bonchev–Trinajstić information content (AvgIpc) is 2.99. The van der Waals surface area contributed by atoms with Gasteiger partial charge in [0.15, 0.2) is 14.7 Å². The van der Waals surface area contributed by atoms with Crippen LogP contribution < -0.4 is 0 Å². The lowest BCUT2D eigenvalue weighted by Gasteiger charge is -2.56. The van der Waals surface area contributed by atoms with Gasteiger partial charge < -0.3 is 9.53 Å². The van der Waals surface area contributed by atoms with Crippen molar-refractivity contribution in [3.63, 3.8) is 0 Å². The number of carboxylic acids is 1. The van der Waals surface area contributed by atoms with Gasteiger partial charge in [-0.25, -0.2) is 4.79 Å². The number of rotatable bonds is 9. The number of nitrogens with zero attached hydrogens (tertiary/aromatic N) is 2. The molecule has 1 N–H and O–H groups in total. The minimum atomic E-state index is -1.42. The zero-order valence-electron chi connectivity index (χ0n) is 19.0. The van der Waals surface area contributed by atoms with E-state index in [0.717, 1.165) is 28.5 Å². The van der Waals surface area contributed by atoms with Crippen molar-refractivity contribution in [2.45, 2.75) is 64.6 Å². The van der Waals surface area contributed by atoms with Crippen molar-refractivity contribution in [3.05, 3.63) is 40.0 Å². The number of carbonyl (C=O) groups excluding carboxylic acids is 1. The van der Waals surface area contributed by atoms with Crippen LogP contribution in [0.2, 0.25) is 13.1 Å². The van der Waals surface area contributed by atoms with E-state index in [9.17, 15) is 14.7 Å². The van der Waals surface area contributed by atoms with Crippen LogP contribution in [0, 0.1) is 11.3 Å². The van der Waals surface area contributed by atoms with Crippen LogP contribution in [0.3, 0.4) is 0 Å². The van der Waals surface area contributed by atoms with Gasteiger partial charge in [0.05, 0.1) is 15.8 Å². The first-order valence-corrected chi connectivity index (χ1v) is 15.3. The zero-order chi connectivity index (χ0) is 23.0. The lowest BCUT2D eigenvalue weighted by atomic mass is 9.66. The fraction of sp³-hybridized carbons (Fsp3) is 0.591. The fourth-order valence-electron chi connectivity index (χ4n) is 4.06. The summed E-state index contributed by atoms with van der Waals surface area (Å²) in [5.74, 6) is -0.744. The Labute approximate surface area is 194 Å². The largest absolute Gasteiger partial charge is 0.477 e. The summed E-state index contributed by atoms with van der Waals surface area (Å²) in [4.78, 5) is 31.1. The number of aromatic nitrogens is 1. The summed E-state index contributed by atoms with van der Waals surface area (Å²) < 4.78 is 7.19. The van der Waals surface area contributed by atoms with E-state index in [0.29, 0.717) is 0 Å². The Morgan fingerprint density at radius 2 is 2.03 bits per heavy atom. The van der Waals surface area contributed by atoms with Gasteiger partial charge in [0.25, 0.3) is 0 Å². The minimum absolute atomic E-state index is 0.133. The summed E-state index contributed by atoms with van der Waals surface area (Å²) in [5.41, 5.74) is 0.280. The van der Waals surface area contributed by atoms with Crippen LogP contribution in [0.5, 0.6) is 0 Å². The predicted octanol–water partition coefficient (Wildman–Crippen LogP) is 4.34. The van der Waals surface area contributed by atoms with Gasteiger partial charge in [-0.2, -0.15) is 0 Å². The van der Waals surface area contributed by atoms with E-state index >= 15 is 0 Å². The molecule has 170 valence electrons. The van der Waals surface area contributed by atoms with Crippen LogP contribution in [-0.4, -0.2) is 52.6 Å². The summed E-state index contributed by atoms with van der Waals surface area (Å²) >= 11 is 3.04. The van der Waals surface area contributed by atoms with E-state index in [-0.39, 0.29) is 28.3 Å². The molecule has 1 fully saturated rings. The van der Waals surface area contributed by atoms with Crippen molar-refractivity contribution in [1.82, 2.24) is 9.88 Å². The standard InChI is InChI=1S/C22H32N2O4S2Si/c1-21(2,3)22(4,28-31(5)6)15-17(25)24-16(19(26)27)20(30-18(15)24)29-13-9-11-14-10-7-8-12-23-14/h7-8,10,12,15,18,31H,9,11,13H2,1-6H3,(H,26,27)/t15-,18-,22+/m1/s1. The van der Waals surface area contributed by atoms with Crippen LogP contribution in [0.15, 0.2) is 34.3 Å². The maximum Gasteiger partial charge on any atom is 0.354 e. The number of thioether (sulfide) groups is 2. The van der Waals surface area contributed by atoms with E-state index < -0.39 is 20.6 Å². The van der Waals surface area contributed by atoms with Gasteiger partial charge in [-0.3, -0.25) is 14.7 Å². The number of hydrogen-bond donors (Lipinski definition) is 1. The summed E-state index contributed by atoms with van der Waals surface area (Å²) in [6, 6.07) is 5.86. The number of pyridine rings is 1. The number of aliphatic carboxylic acids is 1. The molecule has 0 radical (unpaired) electrons. The van der Waals surface area contributed by atoms with Gasteiger partial charge in [0.1, 0.15) is 5.37 Å². The SMILES string of the molecule is C[SiH](C)O[C@@](C)([C@@H]1C(=O)N2C(C(=O)O)=C(SCCCc3ccccn3)S[C@H]12)C(C)(C)C. The third kappa shape index (κ3) is 4.74. The van der Waals surface area contributed by atoms with Crippen molar-refractivity contribution in [2.75, 3.05) is 5.75 Å². The molecule has 2 aliphatic rings. The van der Waals surface area contributed by atoms with E-state index in [1.165, 1.54) is 28.4 Å². The first-order chi connectivity index (χ1) is 14.5. The van der Waals surface area contributed by atoms with Gasteiger partial charge in [-0.05, 0) is 56.2 Å². The number of amides is 1. The lowest BCUT2D eigenvalue weighted by Crippen LogP contribution is -2.69. The van der Waals surface area contributed by atoms with E-state index in [4.69, 9.17) is 4.43 Å². The monoisotopic (exact) mass is 480 g/mol. The van der Waals surface area contributed by atoms with Gasteiger partial charge in [-0.1, -0.05) is 38.6 Å². The Balaban J connectivity index is 1.73. The molecule has 0 aromatic carbocycles. The van der Waals surface area contributed by atoms with Crippen molar-refractivity contribution >= 4 is 44.4 Å². The number of carboxylic acid groups (broad SMARTS) is 1. The van der Waals surface area contributed by atoms with Gasteiger partial charge >= 0.3 is 5.97 Å². The van der Waals surface area contributed by atoms with Crippen LogP contribution in [-0.2, 0) is 20.4 Å². The summed E-state index contributed by atoms with van der Waals surface area (Å²) in [6.07, 6.45) is 3.52. The molecule has 0 bridgehead atoms. The summed E-state index contributed by atoms with van der Waals surface area (Å²) in [5, 5.41) is 9.63. The van der Waals surface area contributed by atoms with Gasteiger partial charge in [0.2, 0.25) is 5.91 Å². The number of aryl methyl sites for hydroxylation is 1. The highest BCUT2D eigenvalue weighted by Crippen LogP contribution is 2.58. The second-order valence-corrected chi connectivity index (χ2v) is 14.3. The predicted molar refractivity (Wildman–Crippen MR) is 129 cm³/mol. The molecule has 3 heterocycles. The van der Waals surface area contributed by atoms with Crippen molar-refractivity contribution in [3.8, 4) is 0 Å². The zero-order valence-corrected chi connectivity index (χ0v) is 21.8. The molecule has 3 rings (SSSR count). The van der Waals surface area contributed by atoms with Crippen LogP contribution >= 0.6 is 23.5 Å². The highest BCUT2D eigenvalue weighted by atomic mass is 32.2. The number of β-lactam (4-membered cyclic amide) rings is 1. The molecule has 0 aliphatic carbocycles. The maximum absolute atomic E-state index is 13.2. The number of fused-ring (bicyclic) bond motifs is 1. The third-order valence-electron chi connectivity index (χ3n) is 6.01. The van der Waals surface area contributed by atoms with Crippen molar-refractivity contribution in [1.29, 1.82) is 0 Å². The Kier molecular flexibility index (Phi) is 7.30. The van der Waals surface area contributed by atoms with Crippen LogP contribution in [0.1, 0.15) is 39.8 Å². The molecule has 31 heavy (non-hydrogen) atoms. The second kappa shape index (κ2) is 9.29. The molecule has 2 aliphatic heterocycles. The van der Waals surface area contributed by atoms with E-state index in [1.54, 1.807) is 6.20 Å². The molecule has 1 aromatic heterocycles. The summed E-state index contributed by atoms with van der Waals surface area (Å²) in [6.45, 7) is 12.5. The van der Waals surface area contributed by atoms with Crippen LogP contribution in [0.25, 0.3) is 0 Å². The first-order valence-electron chi connectivity index (χ1n) is 10.6. The molecular weight excluding hydrogens is 448 g/mol. The van der Waals surface area contributed by atoms with Gasteiger partial charge in [0, 0.05) is 11.9 Å². The average molecular weight is 481 g/mol. The minimum Gasteiger partial charge on any atom is -0.477 e. The molecule has 1 amide bonds. The normalized spacial score (nSPS) is 23.1. The fourth-order valence-corrected chi connectivity index (χ4v) is 8.49. The highest BCUT2D eigenvalue weighted by Gasteiger charge is 2.65. The Morgan fingerprint density at radius 1 is 1.32 bits per heavy atom. The van der Waals surface area contributed by atoms with E-state index in [1.807, 2.05) is 25.1 Å². The Hall–Kier alpha value is -1.29. The van der Waals surface area contributed by atoms with Crippen LogP contribution in [0.4, 0.5) is 0 Å². The summed E-state index contributed by atoms with van der Waals surface area (Å²) in [7, 11) is -1.42. The van der Waals surface area contributed by atoms with Gasteiger partial charge in [-0.15, -0.1) is 11.8 Å². The molecule has 1 saturated heterocycles.